The van der Waals surface area contributed by atoms with Gasteiger partial charge in [0.2, 0.25) is 0 Å². The number of hydrogen-bond donors (Lipinski definition) is 0. The van der Waals surface area contributed by atoms with Crippen LogP contribution < -0.4 is 0 Å². The van der Waals surface area contributed by atoms with E-state index in [9.17, 15) is 14.0 Å². The van der Waals surface area contributed by atoms with Crippen molar-refractivity contribution in [2.75, 3.05) is 20.3 Å². The molecule has 0 N–H and O–H groups in total. The smallest absolute Gasteiger partial charge is 0.324 e. The fourth-order valence-corrected chi connectivity index (χ4v) is 4.41. The zero-order valence-electron chi connectivity index (χ0n) is 17.1. The lowest BCUT2D eigenvalue weighted by Gasteiger charge is -2.22. The molecule has 1 aliphatic heterocycles. The summed E-state index contributed by atoms with van der Waals surface area (Å²) in [4.78, 5) is 23.0. The van der Waals surface area contributed by atoms with Gasteiger partial charge in [-0.3, -0.25) is 9.59 Å². The number of rotatable bonds is 5. The summed E-state index contributed by atoms with van der Waals surface area (Å²) >= 11 is 3.28. The Balaban J connectivity index is 0.000000292. The minimum atomic E-state index is -0.696. The largest absolute Gasteiger partial charge is 0.468 e. The lowest BCUT2D eigenvalue weighted by molar-refractivity contribution is -0.140. The van der Waals surface area contributed by atoms with Crippen LogP contribution in [0.25, 0.3) is 0 Å². The van der Waals surface area contributed by atoms with Crippen molar-refractivity contribution in [3.8, 4) is 0 Å². The van der Waals surface area contributed by atoms with E-state index < -0.39 is 16.2 Å². The molecule has 0 aromatic heterocycles. The van der Waals surface area contributed by atoms with Gasteiger partial charge in [-0.15, -0.1) is 0 Å². The van der Waals surface area contributed by atoms with Gasteiger partial charge in [0.25, 0.3) is 0 Å². The second-order valence-corrected chi connectivity index (χ2v) is 8.54. The lowest BCUT2D eigenvalue weighted by Crippen LogP contribution is -2.23. The number of carbonyl (C=O) groups excluding carboxylic acids is 2. The molecule has 4 nitrogen and oxygen atoms in total. The molecule has 1 aromatic carbocycles. The number of ether oxygens (including phenoxy) is 2. The van der Waals surface area contributed by atoms with Crippen LogP contribution in [0.15, 0.2) is 12.1 Å². The van der Waals surface area contributed by atoms with E-state index in [0.717, 1.165) is 19.1 Å². The third-order valence-corrected chi connectivity index (χ3v) is 6.80. The summed E-state index contributed by atoms with van der Waals surface area (Å²) in [6.45, 7) is 7.42. The van der Waals surface area contributed by atoms with E-state index >= 15 is 0 Å². The van der Waals surface area contributed by atoms with Crippen LogP contribution in [0.5, 0.6) is 0 Å². The molecule has 1 saturated carbocycles. The fourth-order valence-electron chi connectivity index (χ4n) is 3.84. The molecule has 0 bridgehead atoms. The van der Waals surface area contributed by atoms with E-state index in [4.69, 9.17) is 9.47 Å². The Morgan fingerprint density at radius 2 is 1.93 bits per heavy atom. The minimum absolute atomic E-state index is 0.0111. The van der Waals surface area contributed by atoms with Crippen LogP contribution >= 0.6 is 15.9 Å². The van der Waals surface area contributed by atoms with Gasteiger partial charge in [-0.25, -0.2) is 4.39 Å². The van der Waals surface area contributed by atoms with Gasteiger partial charge in [0.15, 0.2) is 0 Å². The molecular weight excluding hydrogens is 427 g/mol. The molecule has 0 radical (unpaired) electrons. The number of methoxy groups -OCH3 is 1. The third-order valence-electron chi connectivity index (χ3n) is 5.93. The van der Waals surface area contributed by atoms with E-state index in [1.807, 2.05) is 0 Å². The zero-order chi connectivity index (χ0) is 20.9. The Hall–Kier alpha value is -1.27. The van der Waals surface area contributed by atoms with Gasteiger partial charge in [0, 0.05) is 13.2 Å². The highest BCUT2D eigenvalue weighted by atomic mass is 79.9. The minimum Gasteiger partial charge on any atom is -0.468 e. The van der Waals surface area contributed by atoms with Crippen LogP contribution in [0.2, 0.25) is 0 Å². The molecule has 3 rings (SSSR count). The molecule has 1 heterocycles. The van der Waals surface area contributed by atoms with Crippen LogP contribution in [0.4, 0.5) is 4.39 Å². The Labute approximate surface area is 175 Å². The molecular formula is C22H30BrFO4. The first-order valence-corrected chi connectivity index (χ1v) is 10.8. The highest BCUT2D eigenvalue weighted by Gasteiger charge is 2.51. The number of carbonyl (C=O) groups is 2. The Bertz CT molecular complexity index is 709. The average molecular weight is 457 g/mol. The maximum atomic E-state index is 13.9. The second kappa shape index (κ2) is 9.97. The predicted octanol–water partition coefficient (Wildman–Crippen LogP) is 5.19. The molecule has 1 saturated heterocycles. The number of alkyl halides is 1. The first-order chi connectivity index (χ1) is 13.3. The molecule has 0 spiro atoms. The van der Waals surface area contributed by atoms with Gasteiger partial charge >= 0.3 is 5.97 Å². The average Bonchev–Trinajstić information content (AvgIpc) is 3.51. The van der Waals surface area contributed by atoms with Crippen LogP contribution in [-0.2, 0) is 24.5 Å². The van der Waals surface area contributed by atoms with Gasteiger partial charge < -0.3 is 9.47 Å². The molecule has 1 unspecified atom stereocenters. The zero-order valence-corrected chi connectivity index (χ0v) is 18.7. The number of hydrogen-bond acceptors (Lipinski definition) is 4. The monoisotopic (exact) mass is 456 g/mol. The molecule has 2 aliphatic rings. The summed E-state index contributed by atoms with van der Waals surface area (Å²) in [5.41, 5.74) is 1.05. The SMILES string of the molecule is CCC1CCOCC1.COC(=O)C(Br)c1ccc(F)c(C)c1C1(C(C)=O)CC1. The standard InChI is InChI=1S/C15H16BrFO3.C7H14O/c1-8-11(17)5-4-10(13(16)14(19)20-3)12(8)15(6-7-15)9(2)18;1-2-7-3-5-8-6-4-7/h4-5,13H,6-7H2,1-3H3;7H,2-6H2,1H3. The first-order valence-electron chi connectivity index (χ1n) is 9.88. The van der Waals surface area contributed by atoms with Gasteiger partial charge in [0.05, 0.1) is 12.5 Å². The third kappa shape index (κ3) is 5.01. The molecule has 0 amide bonds. The van der Waals surface area contributed by atoms with E-state index in [1.165, 1.54) is 39.4 Å². The van der Waals surface area contributed by atoms with E-state index in [-0.39, 0.29) is 11.6 Å². The van der Waals surface area contributed by atoms with E-state index in [0.29, 0.717) is 29.5 Å². The summed E-state index contributed by atoms with van der Waals surface area (Å²) in [6.07, 6.45) is 5.30. The maximum absolute atomic E-state index is 13.9. The van der Waals surface area contributed by atoms with Crippen molar-refractivity contribution in [2.45, 2.75) is 63.1 Å². The molecule has 156 valence electrons. The quantitative estimate of drug-likeness (QED) is 0.451. The van der Waals surface area contributed by atoms with Gasteiger partial charge in [-0.2, -0.15) is 0 Å². The van der Waals surface area contributed by atoms with Crippen LogP contribution in [-0.4, -0.2) is 32.1 Å². The molecule has 1 atom stereocenters. The van der Waals surface area contributed by atoms with Gasteiger partial charge in [-0.05, 0) is 68.2 Å². The molecule has 2 fully saturated rings. The second-order valence-electron chi connectivity index (χ2n) is 7.62. The van der Waals surface area contributed by atoms with Crippen molar-refractivity contribution in [2.24, 2.45) is 5.92 Å². The summed E-state index contributed by atoms with van der Waals surface area (Å²) < 4.78 is 23.8. The van der Waals surface area contributed by atoms with E-state index in [2.05, 4.69) is 22.9 Å². The normalized spacial score (nSPS) is 19.2. The molecule has 1 aliphatic carbocycles. The van der Waals surface area contributed by atoms with Crippen molar-refractivity contribution in [1.29, 1.82) is 0 Å². The Morgan fingerprint density at radius 1 is 1.32 bits per heavy atom. The highest BCUT2D eigenvalue weighted by Crippen LogP contribution is 2.53. The molecule has 6 heteroatoms. The van der Waals surface area contributed by atoms with Gasteiger partial charge in [0.1, 0.15) is 16.4 Å². The van der Waals surface area contributed by atoms with Crippen LogP contribution in [0.3, 0.4) is 0 Å². The maximum Gasteiger partial charge on any atom is 0.324 e. The van der Waals surface area contributed by atoms with Gasteiger partial charge in [-0.1, -0.05) is 35.3 Å². The van der Waals surface area contributed by atoms with Crippen LogP contribution in [0, 0.1) is 18.7 Å². The molecule has 1 aromatic rings. The van der Waals surface area contributed by atoms with E-state index in [1.54, 1.807) is 13.0 Å². The van der Waals surface area contributed by atoms with Crippen molar-refractivity contribution in [1.82, 2.24) is 0 Å². The number of ketones is 1. The fraction of sp³-hybridized carbons (Fsp3) is 0.636. The number of halogens is 2. The number of Topliss-reactive ketones (excluding diaryl/α,β-unsaturated/α-hetero) is 1. The highest BCUT2D eigenvalue weighted by molar-refractivity contribution is 9.09. The van der Waals surface area contributed by atoms with Crippen LogP contribution in [0.1, 0.15) is 67.5 Å². The van der Waals surface area contributed by atoms with Crippen molar-refractivity contribution in [3.05, 3.63) is 34.6 Å². The Kier molecular flexibility index (Phi) is 8.19. The van der Waals surface area contributed by atoms with Crippen molar-refractivity contribution >= 4 is 27.7 Å². The van der Waals surface area contributed by atoms with Crippen molar-refractivity contribution in [3.63, 3.8) is 0 Å². The lowest BCUT2D eigenvalue weighted by atomic mass is 9.83. The first kappa shape index (κ1) is 23.0. The number of esters is 1. The number of benzene rings is 1. The summed E-state index contributed by atoms with van der Waals surface area (Å²) in [5.74, 6) is 0.151. The summed E-state index contributed by atoms with van der Waals surface area (Å²) in [5, 5.41) is 0. The molecule has 28 heavy (non-hydrogen) atoms. The Morgan fingerprint density at radius 3 is 2.36 bits per heavy atom. The van der Waals surface area contributed by atoms with Crippen molar-refractivity contribution < 1.29 is 23.5 Å². The summed E-state index contributed by atoms with van der Waals surface area (Å²) in [6, 6.07) is 2.87. The predicted molar refractivity (Wildman–Crippen MR) is 110 cm³/mol. The topological polar surface area (TPSA) is 52.6 Å². The summed E-state index contributed by atoms with van der Waals surface area (Å²) in [7, 11) is 1.30.